The van der Waals surface area contributed by atoms with Gasteiger partial charge in [0.1, 0.15) is 11.4 Å². The van der Waals surface area contributed by atoms with Crippen LogP contribution in [0.1, 0.15) is 45.4 Å². The summed E-state index contributed by atoms with van der Waals surface area (Å²) < 4.78 is 21.3. The molecule has 0 saturated carbocycles. The molecule has 7 nitrogen and oxygen atoms in total. The molecule has 45 heavy (non-hydrogen) atoms. The molecule has 7 heteroatoms. The van der Waals surface area contributed by atoms with Gasteiger partial charge >= 0.3 is 0 Å². The fraction of sp³-hybridized carbons (Fsp3) is 0.0789. The van der Waals surface area contributed by atoms with Gasteiger partial charge in [-0.1, -0.05) is 60.7 Å². The van der Waals surface area contributed by atoms with Gasteiger partial charge in [-0.15, -0.1) is 0 Å². The van der Waals surface area contributed by atoms with Crippen LogP contribution in [0.3, 0.4) is 0 Å². The predicted octanol–water partition coefficient (Wildman–Crippen LogP) is 9.77. The minimum absolute atomic E-state index is 0.115. The Balaban J connectivity index is 0.000000159. The van der Waals surface area contributed by atoms with E-state index < -0.39 is 0 Å². The standard InChI is InChI=1S/C19H13NO2.C19H16O4/c1-2-6-14(7-3-1)15-12-16(18-8-4-10-21-18)20-17(13-15)19-9-5-11-22-19;20-16(18-8-4-10-22-18)12-15(14-6-2-1-3-7-14)13-17(21)19-9-5-11-23-19/h1-13H;1-11,15H,12-13H2. The van der Waals surface area contributed by atoms with Crippen molar-refractivity contribution in [1.29, 1.82) is 0 Å². The zero-order chi connectivity index (χ0) is 30.8. The first kappa shape index (κ1) is 29.1. The third-order valence-corrected chi connectivity index (χ3v) is 7.21. The molecule has 5 heterocycles. The summed E-state index contributed by atoms with van der Waals surface area (Å²) >= 11 is 0. The number of carbonyl (C=O) groups is 2. The molecule has 0 atom stereocenters. The van der Waals surface area contributed by atoms with Crippen LogP contribution in [0.25, 0.3) is 34.0 Å². The van der Waals surface area contributed by atoms with Gasteiger partial charge in [0.15, 0.2) is 34.6 Å². The van der Waals surface area contributed by atoms with Crippen LogP contribution in [-0.2, 0) is 0 Å². The van der Waals surface area contributed by atoms with Crippen LogP contribution in [0.2, 0.25) is 0 Å². The molecule has 0 N–H and O–H groups in total. The molecule has 7 aromatic rings. The SMILES string of the molecule is O=C(CC(CC(=O)c1ccco1)c1ccccc1)c1ccco1.c1ccc(-c2cc(-c3ccco3)nc(-c3ccco3)c2)cc1. The van der Waals surface area contributed by atoms with E-state index >= 15 is 0 Å². The summed E-state index contributed by atoms with van der Waals surface area (Å²) in [6.45, 7) is 0. The third-order valence-electron chi connectivity index (χ3n) is 7.21. The summed E-state index contributed by atoms with van der Waals surface area (Å²) in [6.07, 6.45) is 6.67. The van der Waals surface area contributed by atoms with Crippen LogP contribution in [0, 0.1) is 0 Å². The van der Waals surface area contributed by atoms with Crippen LogP contribution < -0.4 is 0 Å². The van der Waals surface area contributed by atoms with Crippen molar-refractivity contribution in [3.8, 4) is 34.0 Å². The number of furan rings is 4. The van der Waals surface area contributed by atoms with Crippen molar-refractivity contribution in [1.82, 2.24) is 4.98 Å². The molecule has 222 valence electrons. The third kappa shape index (κ3) is 7.35. The molecule has 0 aliphatic heterocycles. The maximum atomic E-state index is 12.3. The Kier molecular flexibility index (Phi) is 9.07. The monoisotopic (exact) mass is 595 g/mol. The lowest BCUT2D eigenvalue weighted by atomic mass is 9.88. The molecule has 5 aromatic heterocycles. The van der Waals surface area contributed by atoms with Crippen molar-refractivity contribution >= 4 is 11.6 Å². The number of pyridine rings is 1. The summed E-state index contributed by atoms with van der Waals surface area (Å²) in [5, 5.41) is 0. The average Bonchev–Trinajstić information content (AvgIpc) is 3.93. The zero-order valence-corrected chi connectivity index (χ0v) is 24.2. The van der Waals surface area contributed by atoms with Crippen molar-refractivity contribution in [3.63, 3.8) is 0 Å². The average molecular weight is 596 g/mol. The van der Waals surface area contributed by atoms with Gasteiger partial charge in [0, 0.05) is 12.8 Å². The number of nitrogens with zero attached hydrogens (tertiary/aromatic N) is 1. The lowest BCUT2D eigenvalue weighted by Gasteiger charge is -2.15. The van der Waals surface area contributed by atoms with Crippen molar-refractivity contribution in [3.05, 3.63) is 163 Å². The van der Waals surface area contributed by atoms with E-state index in [1.54, 1.807) is 36.8 Å². The van der Waals surface area contributed by atoms with Gasteiger partial charge in [-0.3, -0.25) is 9.59 Å². The fourth-order valence-electron chi connectivity index (χ4n) is 4.99. The second-order valence-electron chi connectivity index (χ2n) is 10.3. The lowest BCUT2D eigenvalue weighted by Crippen LogP contribution is -2.12. The van der Waals surface area contributed by atoms with Crippen molar-refractivity contribution in [2.75, 3.05) is 0 Å². The Morgan fingerprint density at radius 2 is 0.978 bits per heavy atom. The van der Waals surface area contributed by atoms with Crippen LogP contribution in [0.4, 0.5) is 0 Å². The van der Waals surface area contributed by atoms with Gasteiger partial charge in [0.2, 0.25) is 0 Å². The Labute approximate surface area is 259 Å². The van der Waals surface area contributed by atoms with Gasteiger partial charge in [-0.05, 0) is 83.3 Å². The normalized spacial score (nSPS) is 10.8. The predicted molar refractivity (Wildman–Crippen MR) is 170 cm³/mol. The summed E-state index contributed by atoms with van der Waals surface area (Å²) in [6, 6.07) is 38.0. The minimum atomic E-state index is -0.216. The molecule has 0 bridgehead atoms. The number of carbonyl (C=O) groups excluding carboxylic acids is 2. The quantitative estimate of drug-likeness (QED) is 0.145. The van der Waals surface area contributed by atoms with Crippen LogP contribution in [0.5, 0.6) is 0 Å². The van der Waals surface area contributed by atoms with E-state index in [2.05, 4.69) is 17.1 Å². The second kappa shape index (κ2) is 14.0. The highest BCUT2D eigenvalue weighted by Crippen LogP contribution is 2.31. The highest BCUT2D eigenvalue weighted by Gasteiger charge is 2.23. The van der Waals surface area contributed by atoms with Crippen LogP contribution in [-0.4, -0.2) is 16.6 Å². The molecule has 0 aliphatic carbocycles. The number of hydrogen-bond donors (Lipinski definition) is 0. The maximum absolute atomic E-state index is 12.3. The molecule has 2 aromatic carbocycles. The van der Waals surface area contributed by atoms with Crippen molar-refractivity contribution in [2.45, 2.75) is 18.8 Å². The molecule has 0 amide bonds. The van der Waals surface area contributed by atoms with Crippen molar-refractivity contribution in [2.24, 2.45) is 0 Å². The molecular weight excluding hydrogens is 566 g/mol. The van der Waals surface area contributed by atoms with E-state index in [9.17, 15) is 9.59 Å². The summed E-state index contributed by atoms with van der Waals surface area (Å²) in [5.74, 6) is 1.67. The van der Waals surface area contributed by atoms with E-state index in [4.69, 9.17) is 17.7 Å². The number of hydrogen-bond acceptors (Lipinski definition) is 7. The van der Waals surface area contributed by atoms with E-state index in [1.165, 1.54) is 12.5 Å². The second-order valence-corrected chi connectivity index (χ2v) is 10.3. The number of Topliss-reactive ketones (excluding diaryl/α,β-unsaturated/α-hetero) is 2. The van der Waals surface area contributed by atoms with Crippen LogP contribution in [0.15, 0.2) is 164 Å². The first-order chi connectivity index (χ1) is 22.1. The number of ketones is 2. The Bertz CT molecular complexity index is 1810. The molecule has 0 saturated heterocycles. The summed E-state index contributed by atoms with van der Waals surface area (Å²) in [4.78, 5) is 29.3. The van der Waals surface area contributed by atoms with E-state index in [0.29, 0.717) is 11.5 Å². The van der Waals surface area contributed by atoms with Gasteiger partial charge in [-0.25, -0.2) is 4.98 Å². The molecule has 0 unspecified atom stereocenters. The Hall–Kier alpha value is -5.95. The maximum Gasteiger partial charge on any atom is 0.198 e. The fourth-order valence-corrected chi connectivity index (χ4v) is 4.99. The number of rotatable bonds is 10. The molecule has 7 rings (SSSR count). The van der Waals surface area contributed by atoms with Gasteiger partial charge < -0.3 is 17.7 Å². The largest absolute Gasteiger partial charge is 0.463 e. The highest BCUT2D eigenvalue weighted by molar-refractivity contribution is 5.96. The first-order valence-electron chi connectivity index (χ1n) is 14.5. The van der Waals surface area contributed by atoms with Crippen molar-refractivity contribution < 1.29 is 27.3 Å². The number of aromatic nitrogens is 1. The summed E-state index contributed by atoms with van der Waals surface area (Å²) in [5.41, 5.74) is 4.74. The van der Waals surface area contributed by atoms with Gasteiger partial charge in [-0.2, -0.15) is 0 Å². The smallest absolute Gasteiger partial charge is 0.198 e. The van der Waals surface area contributed by atoms with Gasteiger partial charge in [0.25, 0.3) is 0 Å². The molecule has 0 radical (unpaired) electrons. The Morgan fingerprint density at radius 3 is 1.42 bits per heavy atom. The van der Waals surface area contributed by atoms with Crippen LogP contribution >= 0.6 is 0 Å². The molecule has 0 spiro atoms. The summed E-state index contributed by atoms with van der Waals surface area (Å²) in [7, 11) is 0. The van der Waals surface area contributed by atoms with Gasteiger partial charge in [0.05, 0.1) is 25.1 Å². The zero-order valence-electron chi connectivity index (χ0n) is 24.2. The first-order valence-corrected chi connectivity index (χ1v) is 14.5. The molecule has 0 fully saturated rings. The van der Waals surface area contributed by atoms with E-state index in [1.807, 2.05) is 84.9 Å². The highest BCUT2D eigenvalue weighted by atomic mass is 16.3. The minimum Gasteiger partial charge on any atom is -0.463 e. The topological polar surface area (TPSA) is 99.6 Å². The molecular formula is C38H29NO6. The van der Waals surface area contributed by atoms with E-state index in [-0.39, 0.29) is 30.3 Å². The number of benzene rings is 2. The van der Waals surface area contributed by atoms with E-state index in [0.717, 1.165) is 39.6 Å². The lowest BCUT2D eigenvalue weighted by molar-refractivity contribution is 0.0915. The molecule has 0 aliphatic rings. The Morgan fingerprint density at radius 1 is 0.511 bits per heavy atom.